The third-order valence-electron chi connectivity index (χ3n) is 2.97. The number of rotatable bonds is 7. The summed E-state index contributed by atoms with van der Waals surface area (Å²) in [7, 11) is 0. The fourth-order valence-electron chi connectivity index (χ4n) is 1.64. The number of nitrogens with zero attached hydrogens (tertiary/aromatic N) is 1. The van der Waals surface area contributed by atoms with Gasteiger partial charge in [-0.05, 0) is 31.9 Å². The molecule has 19 heavy (non-hydrogen) atoms. The van der Waals surface area contributed by atoms with E-state index in [0.717, 1.165) is 12.8 Å². The lowest BCUT2D eigenvalue weighted by Crippen LogP contribution is -2.42. The Balaban J connectivity index is 2.53. The number of nitrogens with one attached hydrogen (secondary N) is 1. The molecule has 0 bridgehead atoms. The minimum Gasteiger partial charge on any atom is -0.479 e. The summed E-state index contributed by atoms with van der Waals surface area (Å²) in [6, 6.07) is 3.55. The van der Waals surface area contributed by atoms with Crippen LogP contribution in [0.5, 0.6) is 5.75 Å². The highest BCUT2D eigenvalue weighted by Gasteiger charge is 2.17. The van der Waals surface area contributed by atoms with Gasteiger partial charge >= 0.3 is 0 Å². The number of carbonyl (C=O) groups is 1. The number of aliphatic hydroxyl groups is 1. The first kappa shape index (κ1) is 15.4. The molecule has 1 rings (SSSR count). The first-order chi connectivity index (χ1) is 9.10. The zero-order valence-electron chi connectivity index (χ0n) is 11.7. The normalized spacial score (nSPS) is 12.3. The summed E-state index contributed by atoms with van der Waals surface area (Å²) >= 11 is 0. The maximum Gasteiger partial charge on any atom is 0.260 e. The summed E-state index contributed by atoms with van der Waals surface area (Å²) in [5, 5.41) is 11.8. The van der Waals surface area contributed by atoms with Crippen LogP contribution in [0.2, 0.25) is 0 Å². The van der Waals surface area contributed by atoms with Crippen LogP contribution in [0.25, 0.3) is 0 Å². The Hall–Kier alpha value is -1.62. The van der Waals surface area contributed by atoms with Crippen molar-refractivity contribution in [2.75, 3.05) is 0 Å². The summed E-state index contributed by atoms with van der Waals surface area (Å²) in [6.07, 6.45) is 2.75. The van der Waals surface area contributed by atoms with Crippen LogP contribution in [-0.2, 0) is 11.4 Å². The average molecular weight is 266 g/mol. The maximum atomic E-state index is 11.9. The molecule has 0 aliphatic heterocycles. The van der Waals surface area contributed by atoms with Crippen LogP contribution in [0.15, 0.2) is 18.3 Å². The number of ether oxygens (including phenoxy) is 1. The molecule has 0 aliphatic carbocycles. The molecule has 1 atom stereocenters. The van der Waals surface area contributed by atoms with Gasteiger partial charge in [-0.1, -0.05) is 13.8 Å². The second-order valence-corrected chi connectivity index (χ2v) is 4.43. The van der Waals surface area contributed by atoms with Gasteiger partial charge in [-0.25, -0.2) is 0 Å². The van der Waals surface area contributed by atoms with E-state index >= 15 is 0 Å². The van der Waals surface area contributed by atoms with E-state index in [1.807, 2.05) is 13.8 Å². The summed E-state index contributed by atoms with van der Waals surface area (Å²) in [5.41, 5.74) is 0.571. The van der Waals surface area contributed by atoms with Crippen molar-refractivity contribution in [2.45, 2.75) is 52.4 Å². The summed E-state index contributed by atoms with van der Waals surface area (Å²) in [6.45, 7) is 5.68. The standard InChI is InChI=1S/C14H22N2O3/c1-4-11(5-2)16-14(18)10(3)19-13-7-6-12(9-17)15-8-13/h6-8,10-11,17H,4-5,9H2,1-3H3,(H,16,18). The number of aromatic nitrogens is 1. The van der Waals surface area contributed by atoms with Gasteiger partial charge in [0.15, 0.2) is 6.10 Å². The van der Waals surface area contributed by atoms with Crippen molar-refractivity contribution in [1.82, 2.24) is 10.3 Å². The van der Waals surface area contributed by atoms with Crippen LogP contribution in [0, 0.1) is 0 Å². The molecule has 0 spiro atoms. The third-order valence-corrected chi connectivity index (χ3v) is 2.97. The fraction of sp³-hybridized carbons (Fsp3) is 0.571. The molecule has 106 valence electrons. The molecule has 0 saturated carbocycles. The first-order valence-corrected chi connectivity index (χ1v) is 6.63. The van der Waals surface area contributed by atoms with Gasteiger partial charge in [0.05, 0.1) is 18.5 Å². The molecule has 1 aromatic rings. The van der Waals surface area contributed by atoms with Gasteiger partial charge in [-0.2, -0.15) is 0 Å². The van der Waals surface area contributed by atoms with Crippen molar-refractivity contribution < 1.29 is 14.6 Å². The molecule has 2 N–H and O–H groups in total. The highest BCUT2D eigenvalue weighted by atomic mass is 16.5. The second kappa shape index (κ2) is 7.74. The van der Waals surface area contributed by atoms with Crippen LogP contribution >= 0.6 is 0 Å². The Morgan fingerprint density at radius 1 is 1.42 bits per heavy atom. The van der Waals surface area contributed by atoms with Gasteiger partial charge in [0.25, 0.3) is 5.91 Å². The van der Waals surface area contributed by atoms with Crippen LogP contribution in [0.1, 0.15) is 39.3 Å². The van der Waals surface area contributed by atoms with Gasteiger partial charge in [0, 0.05) is 6.04 Å². The lowest BCUT2D eigenvalue weighted by atomic mass is 10.1. The zero-order valence-corrected chi connectivity index (χ0v) is 11.7. The Bertz CT molecular complexity index is 388. The minimum atomic E-state index is -0.567. The number of amides is 1. The van der Waals surface area contributed by atoms with Crippen LogP contribution < -0.4 is 10.1 Å². The predicted molar refractivity (Wildman–Crippen MR) is 72.8 cm³/mol. The molecule has 0 aromatic carbocycles. The number of hydrogen-bond acceptors (Lipinski definition) is 4. The van der Waals surface area contributed by atoms with E-state index in [9.17, 15) is 4.79 Å². The molecule has 1 amide bonds. The molecule has 5 heteroatoms. The average Bonchev–Trinajstić information content (AvgIpc) is 2.45. The number of aliphatic hydroxyl groups excluding tert-OH is 1. The van der Waals surface area contributed by atoms with Gasteiger partial charge in [0.1, 0.15) is 5.75 Å². The second-order valence-electron chi connectivity index (χ2n) is 4.43. The number of hydrogen-bond donors (Lipinski definition) is 2. The van der Waals surface area contributed by atoms with Crippen molar-refractivity contribution in [1.29, 1.82) is 0 Å². The molecule has 0 saturated heterocycles. The van der Waals surface area contributed by atoms with Gasteiger partial charge in [-0.3, -0.25) is 9.78 Å². The lowest BCUT2D eigenvalue weighted by Gasteiger charge is -2.19. The number of carbonyl (C=O) groups excluding carboxylic acids is 1. The Morgan fingerprint density at radius 3 is 2.58 bits per heavy atom. The Morgan fingerprint density at radius 2 is 2.11 bits per heavy atom. The first-order valence-electron chi connectivity index (χ1n) is 6.63. The molecule has 0 aliphatic rings. The summed E-state index contributed by atoms with van der Waals surface area (Å²) < 4.78 is 5.51. The quantitative estimate of drug-likeness (QED) is 0.787. The molecule has 1 heterocycles. The van der Waals surface area contributed by atoms with E-state index in [4.69, 9.17) is 9.84 Å². The van der Waals surface area contributed by atoms with Crippen molar-refractivity contribution in [2.24, 2.45) is 0 Å². The number of pyridine rings is 1. The molecule has 0 radical (unpaired) electrons. The molecular formula is C14H22N2O3. The lowest BCUT2D eigenvalue weighted by molar-refractivity contribution is -0.128. The van der Waals surface area contributed by atoms with Crippen molar-refractivity contribution in [3.63, 3.8) is 0 Å². The molecule has 5 nitrogen and oxygen atoms in total. The van der Waals surface area contributed by atoms with Crippen molar-refractivity contribution in [3.8, 4) is 5.75 Å². The van der Waals surface area contributed by atoms with Crippen LogP contribution in [-0.4, -0.2) is 28.1 Å². The minimum absolute atomic E-state index is 0.106. The van der Waals surface area contributed by atoms with Gasteiger partial charge in [-0.15, -0.1) is 0 Å². The van der Waals surface area contributed by atoms with E-state index in [2.05, 4.69) is 10.3 Å². The molecular weight excluding hydrogens is 244 g/mol. The maximum absolute atomic E-state index is 11.9. The highest BCUT2D eigenvalue weighted by Crippen LogP contribution is 2.11. The van der Waals surface area contributed by atoms with Crippen LogP contribution in [0.3, 0.4) is 0 Å². The molecule has 1 aromatic heterocycles. The molecule has 1 unspecified atom stereocenters. The van der Waals surface area contributed by atoms with Gasteiger partial charge < -0.3 is 15.2 Å². The Kier molecular flexibility index (Phi) is 6.29. The SMILES string of the molecule is CCC(CC)NC(=O)C(C)Oc1ccc(CO)nc1. The third kappa shape index (κ3) is 4.87. The smallest absolute Gasteiger partial charge is 0.260 e. The monoisotopic (exact) mass is 266 g/mol. The topological polar surface area (TPSA) is 71.5 Å². The summed E-state index contributed by atoms with van der Waals surface area (Å²) in [4.78, 5) is 15.9. The van der Waals surface area contributed by atoms with Crippen molar-refractivity contribution in [3.05, 3.63) is 24.0 Å². The van der Waals surface area contributed by atoms with E-state index in [0.29, 0.717) is 11.4 Å². The van der Waals surface area contributed by atoms with E-state index in [-0.39, 0.29) is 18.6 Å². The highest BCUT2D eigenvalue weighted by molar-refractivity contribution is 5.80. The zero-order chi connectivity index (χ0) is 14.3. The Labute approximate surface area is 114 Å². The summed E-state index contributed by atoms with van der Waals surface area (Å²) in [5.74, 6) is 0.393. The van der Waals surface area contributed by atoms with E-state index in [1.165, 1.54) is 6.20 Å². The molecule has 0 fully saturated rings. The van der Waals surface area contributed by atoms with Gasteiger partial charge in [0.2, 0.25) is 0 Å². The van der Waals surface area contributed by atoms with Crippen LogP contribution in [0.4, 0.5) is 0 Å². The fourth-order valence-corrected chi connectivity index (χ4v) is 1.64. The largest absolute Gasteiger partial charge is 0.479 e. The predicted octanol–water partition coefficient (Wildman–Crippen LogP) is 1.65. The van der Waals surface area contributed by atoms with E-state index in [1.54, 1.807) is 19.1 Å². The van der Waals surface area contributed by atoms with Crippen molar-refractivity contribution >= 4 is 5.91 Å². The van der Waals surface area contributed by atoms with E-state index < -0.39 is 6.10 Å².